The van der Waals surface area contributed by atoms with Crippen molar-refractivity contribution in [2.45, 2.75) is 45.6 Å². The van der Waals surface area contributed by atoms with Crippen LogP contribution in [0.1, 0.15) is 36.0 Å². The molecular formula is C20H28N2O3. The summed E-state index contributed by atoms with van der Waals surface area (Å²) in [5.41, 5.74) is 3.52. The van der Waals surface area contributed by atoms with Crippen LogP contribution in [0.3, 0.4) is 0 Å². The smallest absolute Gasteiger partial charge is 0.251 e. The fourth-order valence-corrected chi connectivity index (χ4v) is 3.56. The van der Waals surface area contributed by atoms with Gasteiger partial charge in [0, 0.05) is 32.8 Å². The lowest BCUT2D eigenvalue weighted by Gasteiger charge is -2.24. The van der Waals surface area contributed by atoms with Gasteiger partial charge >= 0.3 is 0 Å². The van der Waals surface area contributed by atoms with Gasteiger partial charge < -0.3 is 14.5 Å². The molecule has 5 nitrogen and oxygen atoms in total. The molecule has 0 radical (unpaired) electrons. The van der Waals surface area contributed by atoms with Gasteiger partial charge in [0.15, 0.2) is 0 Å². The normalized spacial score (nSPS) is 21.3. The highest BCUT2D eigenvalue weighted by Crippen LogP contribution is 2.17. The second kappa shape index (κ2) is 8.00. The number of ether oxygens (including phenoxy) is 1. The van der Waals surface area contributed by atoms with E-state index in [0.717, 1.165) is 31.4 Å². The van der Waals surface area contributed by atoms with Crippen molar-refractivity contribution in [1.82, 2.24) is 9.80 Å². The molecule has 0 aromatic heterocycles. The quantitative estimate of drug-likeness (QED) is 0.844. The zero-order chi connectivity index (χ0) is 17.8. The van der Waals surface area contributed by atoms with Crippen molar-refractivity contribution in [3.63, 3.8) is 0 Å². The van der Waals surface area contributed by atoms with Crippen LogP contribution in [0.4, 0.5) is 0 Å². The van der Waals surface area contributed by atoms with Crippen LogP contribution in [-0.2, 0) is 20.7 Å². The van der Waals surface area contributed by atoms with E-state index in [2.05, 4.69) is 26.0 Å². The molecule has 1 atom stereocenters. The summed E-state index contributed by atoms with van der Waals surface area (Å²) in [5.74, 6) is 0.246. The molecule has 3 rings (SSSR count). The fraction of sp³-hybridized carbons (Fsp3) is 0.600. The Kier molecular flexibility index (Phi) is 5.74. The van der Waals surface area contributed by atoms with E-state index in [1.807, 2.05) is 15.9 Å². The zero-order valence-corrected chi connectivity index (χ0v) is 15.3. The number of carbonyl (C=O) groups excluding carboxylic acids is 2. The fourth-order valence-electron chi connectivity index (χ4n) is 3.56. The maximum absolute atomic E-state index is 12.6. The maximum Gasteiger partial charge on any atom is 0.251 e. The Morgan fingerprint density at radius 1 is 1.04 bits per heavy atom. The van der Waals surface area contributed by atoms with Crippen LogP contribution in [0.5, 0.6) is 0 Å². The predicted molar refractivity (Wildman–Crippen MR) is 96.4 cm³/mol. The molecule has 2 heterocycles. The van der Waals surface area contributed by atoms with Gasteiger partial charge in [-0.3, -0.25) is 9.59 Å². The lowest BCUT2D eigenvalue weighted by atomic mass is 10.0. The molecule has 1 unspecified atom stereocenters. The first-order valence-corrected chi connectivity index (χ1v) is 9.29. The Hall–Kier alpha value is -1.88. The summed E-state index contributed by atoms with van der Waals surface area (Å²) in [6.45, 7) is 7.49. The minimum atomic E-state index is -0.266. The molecule has 2 fully saturated rings. The number of hydrogen-bond acceptors (Lipinski definition) is 3. The van der Waals surface area contributed by atoms with E-state index in [1.165, 1.54) is 11.1 Å². The van der Waals surface area contributed by atoms with Crippen molar-refractivity contribution in [1.29, 1.82) is 0 Å². The molecule has 5 heteroatoms. The summed E-state index contributed by atoms with van der Waals surface area (Å²) in [4.78, 5) is 28.9. The third-order valence-corrected chi connectivity index (χ3v) is 5.29. The van der Waals surface area contributed by atoms with Crippen molar-refractivity contribution >= 4 is 11.8 Å². The highest BCUT2D eigenvalue weighted by atomic mass is 16.5. The summed E-state index contributed by atoms with van der Waals surface area (Å²) in [7, 11) is 0. The Morgan fingerprint density at radius 2 is 1.80 bits per heavy atom. The predicted octanol–water partition coefficient (Wildman–Crippen LogP) is 2.09. The van der Waals surface area contributed by atoms with E-state index in [1.54, 1.807) is 0 Å². The topological polar surface area (TPSA) is 49.9 Å². The van der Waals surface area contributed by atoms with Crippen molar-refractivity contribution in [3.8, 4) is 0 Å². The van der Waals surface area contributed by atoms with Gasteiger partial charge in [0.25, 0.3) is 5.91 Å². The van der Waals surface area contributed by atoms with E-state index < -0.39 is 0 Å². The van der Waals surface area contributed by atoms with Crippen molar-refractivity contribution in [3.05, 3.63) is 34.9 Å². The Labute approximate surface area is 149 Å². The molecule has 1 aromatic rings. The number of hydrogen-bond donors (Lipinski definition) is 0. The number of rotatable bonds is 3. The number of nitrogens with zero attached hydrogens (tertiary/aromatic N) is 2. The molecule has 0 aliphatic carbocycles. The first kappa shape index (κ1) is 17.9. The number of amides is 2. The number of benzene rings is 1. The third kappa shape index (κ3) is 4.40. The second-order valence-electron chi connectivity index (χ2n) is 7.16. The third-order valence-electron chi connectivity index (χ3n) is 5.29. The summed E-state index contributed by atoms with van der Waals surface area (Å²) < 4.78 is 5.51. The monoisotopic (exact) mass is 344 g/mol. The highest BCUT2D eigenvalue weighted by Gasteiger charge is 2.30. The van der Waals surface area contributed by atoms with Crippen molar-refractivity contribution in [2.75, 3.05) is 32.8 Å². The molecular weight excluding hydrogens is 316 g/mol. The summed E-state index contributed by atoms with van der Waals surface area (Å²) in [6.07, 6.45) is 2.78. The van der Waals surface area contributed by atoms with Crippen LogP contribution < -0.4 is 0 Å². The second-order valence-corrected chi connectivity index (χ2v) is 7.16. The molecule has 0 saturated carbocycles. The molecule has 0 bridgehead atoms. The minimum absolute atomic E-state index is 0.0981. The van der Waals surface area contributed by atoms with Crippen LogP contribution >= 0.6 is 0 Å². The zero-order valence-electron chi connectivity index (χ0n) is 15.3. The van der Waals surface area contributed by atoms with Gasteiger partial charge in [-0.1, -0.05) is 18.2 Å². The number of aryl methyl sites for hydroxylation is 2. The summed E-state index contributed by atoms with van der Waals surface area (Å²) >= 11 is 0. The van der Waals surface area contributed by atoms with Gasteiger partial charge in [-0.05, 0) is 49.8 Å². The van der Waals surface area contributed by atoms with Crippen molar-refractivity contribution in [2.24, 2.45) is 0 Å². The van der Waals surface area contributed by atoms with E-state index >= 15 is 0 Å². The van der Waals surface area contributed by atoms with Gasteiger partial charge in [0.05, 0.1) is 6.42 Å². The average molecular weight is 344 g/mol. The SMILES string of the molecule is Cc1ccc(CC(=O)N2CCCN(C(=O)C3CCCO3)CC2)cc1C. The van der Waals surface area contributed by atoms with E-state index in [-0.39, 0.29) is 17.9 Å². The Balaban J connectivity index is 1.55. The molecule has 0 spiro atoms. The largest absolute Gasteiger partial charge is 0.368 e. The molecule has 25 heavy (non-hydrogen) atoms. The molecule has 2 aliphatic rings. The first-order valence-electron chi connectivity index (χ1n) is 9.29. The molecule has 1 aromatic carbocycles. The molecule has 136 valence electrons. The van der Waals surface area contributed by atoms with Crippen LogP contribution in [-0.4, -0.2) is 60.5 Å². The molecule has 2 aliphatic heterocycles. The first-order chi connectivity index (χ1) is 12.0. The maximum atomic E-state index is 12.6. The Morgan fingerprint density at radius 3 is 2.52 bits per heavy atom. The van der Waals surface area contributed by atoms with E-state index in [9.17, 15) is 9.59 Å². The molecule has 2 amide bonds. The number of carbonyl (C=O) groups is 2. The molecule has 0 N–H and O–H groups in total. The summed E-state index contributed by atoms with van der Waals surface area (Å²) in [5, 5.41) is 0. The van der Waals surface area contributed by atoms with Crippen LogP contribution in [0.15, 0.2) is 18.2 Å². The molecule has 2 saturated heterocycles. The lowest BCUT2D eigenvalue weighted by molar-refractivity contribution is -0.141. The highest BCUT2D eigenvalue weighted by molar-refractivity contribution is 5.82. The van der Waals surface area contributed by atoms with Crippen LogP contribution in [0.2, 0.25) is 0 Å². The van der Waals surface area contributed by atoms with E-state index in [4.69, 9.17) is 4.74 Å². The lowest BCUT2D eigenvalue weighted by Crippen LogP contribution is -2.42. The average Bonchev–Trinajstić information content (AvgIpc) is 3.02. The minimum Gasteiger partial charge on any atom is -0.368 e. The van der Waals surface area contributed by atoms with Gasteiger partial charge in [-0.2, -0.15) is 0 Å². The van der Waals surface area contributed by atoms with Gasteiger partial charge in [0.2, 0.25) is 5.91 Å². The van der Waals surface area contributed by atoms with Crippen LogP contribution in [0.25, 0.3) is 0 Å². The van der Waals surface area contributed by atoms with Gasteiger partial charge in [-0.15, -0.1) is 0 Å². The standard InChI is InChI=1S/C20H28N2O3/c1-15-6-7-17(13-16(15)2)14-19(23)21-8-4-9-22(11-10-21)20(24)18-5-3-12-25-18/h6-7,13,18H,3-5,8-12,14H2,1-2H3. The van der Waals surface area contributed by atoms with Crippen LogP contribution in [0, 0.1) is 13.8 Å². The van der Waals surface area contributed by atoms with Gasteiger partial charge in [0.1, 0.15) is 6.10 Å². The Bertz CT molecular complexity index is 638. The van der Waals surface area contributed by atoms with E-state index in [0.29, 0.717) is 32.7 Å². The summed E-state index contributed by atoms with van der Waals surface area (Å²) in [6, 6.07) is 6.20. The van der Waals surface area contributed by atoms with Crippen molar-refractivity contribution < 1.29 is 14.3 Å². The van der Waals surface area contributed by atoms with Gasteiger partial charge in [-0.25, -0.2) is 0 Å².